The topological polar surface area (TPSA) is 40.6 Å². The van der Waals surface area contributed by atoms with Gasteiger partial charge in [-0.15, -0.1) is 22.7 Å². The van der Waals surface area contributed by atoms with Crippen LogP contribution in [-0.2, 0) is 9.59 Å². The molecule has 0 N–H and O–H groups in total. The number of amides is 2. The van der Waals surface area contributed by atoms with Crippen LogP contribution in [0.15, 0.2) is 46.2 Å². The maximum Gasteiger partial charge on any atom is 0.261 e. The molecule has 0 fully saturated rings. The summed E-state index contributed by atoms with van der Waals surface area (Å²) in [5, 5.41) is 6.06. The molecule has 2 amide bonds. The zero-order chi connectivity index (χ0) is 23.9. The molecule has 0 aliphatic carbocycles. The van der Waals surface area contributed by atoms with Gasteiger partial charge in [-0.3, -0.25) is 9.59 Å². The summed E-state index contributed by atoms with van der Waals surface area (Å²) in [6.07, 6.45) is 8.60. The number of hydrogen-bond acceptors (Lipinski definition) is 4. The number of hydrogen-bond donors (Lipinski definition) is 0. The summed E-state index contributed by atoms with van der Waals surface area (Å²) in [4.78, 5) is 33.5. The van der Waals surface area contributed by atoms with Crippen LogP contribution < -0.4 is 0 Å². The highest BCUT2D eigenvalue weighted by Gasteiger charge is 2.48. The Balaban J connectivity index is 1.68. The van der Waals surface area contributed by atoms with Crippen molar-refractivity contribution < 1.29 is 9.59 Å². The smallest absolute Gasteiger partial charge is 0.261 e. The van der Waals surface area contributed by atoms with Crippen molar-refractivity contribution in [2.24, 2.45) is 0 Å². The Labute approximate surface area is 227 Å². The van der Waals surface area contributed by atoms with Crippen LogP contribution in [0.5, 0.6) is 0 Å². The molecular formula is C26H30Br2N2O2S2. The minimum absolute atomic E-state index is 0.0163. The predicted octanol–water partition coefficient (Wildman–Crippen LogP) is 7.53. The molecule has 4 rings (SSSR count). The first-order chi connectivity index (χ1) is 16.7. The summed E-state index contributed by atoms with van der Waals surface area (Å²) in [6.45, 7) is 1.30. The third-order valence-corrected chi connectivity index (χ3v) is 9.10. The highest BCUT2D eigenvalue weighted by molar-refractivity contribution is 9.09. The first-order valence-corrected chi connectivity index (χ1v) is 16.0. The van der Waals surface area contributed by atoms with Crippen LogP contribution in [0.25, 0.3) is 11.4 Å². The Hall–Kier alpha value is -1.22. The molecule has 2 aromatic heterocycles. The van der Waals surface area contributed by atoms with Crippen molar-refractivity contribution in [3.05, 3.63) is 55.9 Å². The Kier molecular flexibility index (Phi) is 9.62. The van der Waals surface area contributed by atoms with E-state index >= 15 is 0 Å². The average Bonchev–Trinajstić information content (AvgIpc) is 3.62. The van der Waals surface area contributed by atoms with Gasteiger partial charge in [0.2, 0.25) is 0 Å². The molecular weight excluding hydrogens is 596 g/mol. The van der Waals surface area contributed by atoms with Crippen molar-refractivity contribution in [1.82, 2.24) is 9.80 Å². The quantitative estimate of drug-likeness (QED) is 0.161. The van der Waals surface area contributed by atoms with E-state index in [1.165, 1.54) is 0 Å². The van der Waals surface area contributed by atoms with Gasteiger partial charge in [0, 0.05) is 23.7 Å². The van der Waals surface area contributed by atoms with Crippen LogP contribution in [0.4, 0.5) is 0 Å². The lowest BCUT2D eigenvalue weighted by atomic mass is 10.1. The van der Waals surface area contributed by atoms with E-state index in [9.17, 15) is 9.59 Å². The molecule has 34 heavy (non-hydrogen) atoms. The predicted molar refractivity (Wildman–Crippen MR) is 150 cm³/mol. The third kappa shape index (κ3) is 5.45. The Bertz CT molecular complexity index is 961. The molecule has 0 spiro atoms. The molecule has 4 nitrogen and oxygen atoms in total. The molecule has 2 aliphatic rings. The molecule has 0 radical (unpaired) electrons. The lowest BCUT2D eigenvalue weighted by Gasteiger charge is -2.24. The van der Waals surface area contributed by atoms with Crippen LogP contribution >= 0.6 is 54.5 Å². The molecule has 0 bridgehead atoms. The van der Waals surface area contributed by atoms with Crippen LogP contribution in [0, 0.1) is 0 Å². The van der Waals surface area contributed by atoms with Crippen LogP contribution in [-0.4, -0.2) is 45.4 Å². The molecule has 4 heterocycles. The van der Waals surface area contributed by atoms with Gasteiger partial charge in [0.15, 0.2) is 0 Å². The fourth-order valence-corrected chi connectivity index (χ4v) is 6.96. The average molecular weight is 626 g/mol. The van der Waals surface area contributed by atoms with E-state index in [-0.39, 0.29) is 11.8 Å². The monoisotopic (exact) mass is 624 g/mol. The Morgan fingerprint density at radius 1 is 0.618 bits per heavy atom. The highest BCUT2D eigenvalue weighted by Crippen LogP contribution is 2.48. The summed E-state index contributed by atoms with van der Waals surface area (Å²) < 4.78 is 0. The van der Waals surface area contributed by atoms with E-state index in [4.69, 9.17) is 0 Å². The number of nitrogens with zero attached hydrogens (tertiary/aromatic N) is 2. The van der Waals surface area contributed by atoms with Crippen LogP contribution in [0.1, 0.15) is 61.1 Å². The maximum absolute atomic E-state index is 13.9. The van der Waals surface area contributed by atoms with E-state index in [0.717, 1.165) is 83.2 Å². The molecule has 2 aliphatic heterocycles. The van der Waals surface area contributed by atoms with Crippen molar-refractivity contribution in [2.75, 3.05) is 23.7 Å². The molecule has 0 saturated carbocycles. The zero-order valence-corrected chi connectivity index (χ0v) is 24.0. The summed E-state index contributed by atoms with van der Waals surface area (Å²) >= 11 is 10.2. The molecule has 0 saturated heterocycles. The largest absolute Gasteiger partial charge is 0.306 e. The Morgan fingerprint density at radius 2 is 1.03 bits per heavy atom. The SMILES string of the molecule is O=C1C2=C(c3cccs3)N(CCCCCCBr)C(=O)C2=C(c2cccs2)N1CCCCCCBr. The molecule has 8 heteroatoms. The zero-order valence-electron chi connectivity index (χ0n) is 19.2. The molecule has 0 aromatic carbocycles. The fraction of sp³-hybridized carbons (Fsp3) is 0.462. The van der Waals surface area contributed by atoms with Crippen LogP contribution in [0.2, 0.25) is 0 Å². The van der Waals surface area contributed by atoms with Crippen molar-refractivity contribution in [1.29, 1.82) is 0 Å². The number of unbranched alkanes of at least 4 members (excludes halogenated alkanes) is 6. The first kappa shape index (κ1) is 25.9. The van der Waals surface area contributed by atoms with Gasteiger partial charge in [0.1, 0.15) is 0 Å². The summed E-state index contributed by atoms with van der Waals surface area (Å²) in [5.74, 6) is -0.0325. The standard InChI is InChI=1S/C26H30Br2N2O2S2/c27-13-5-1-3-7-15-29-23(19-11-9-17-33-19)21-22(25(29)31)24(20-12-10-18-34-20)30(26(21)32)16-8-4-2-6-14-28/h9-12,17-18H,1-8,13-16H2. The van der Waals surface area contributed by atoms with Crippen molar-refractivity contribution >= 4 is 77.7 Å². The van der Waals surface area contributed by atoms with Gasteiger partial charge in [-0.2, -0.15) is 0 Å². The van der Waals surface area contributed by atoms with E-state index in [1.54, 1.807) is 22.7 Å². The molecule has 182 valence electrons. The van der Waals surface area contributed by atoms with E-state index < -0.39 is 0 Å². The second-order valence-electron chi connectivity index (χ2n) is 8.52. The number of fused-ring (bicyclic) bond motifs is 1. The summed E-state index contributed by atoms with van der Waals surface area (Å²) in [7, 11) is 0. The second-order valence-corrected chi connectivity index (χ2v) is 12.0. The van der Waals surface area contributed by atoms with Gasteiger partial charge in [-0.1, -0.05) is 69.7 Å². The summed E-state index contributed by atoms with van der Waals surface area (Å²) in [6, 6.07) is 8.05. The first-order valence-electron chi connectivity index (χ1n) is 12.0. The van der Waals surface area contributed by atoms with Gasteiger partial charge in [0.05, 0.1) is 32.3 Å². The maximum atomic E-state index is 13.9. The lowest BCUT2D eigenvalue weighted by Crippen LogP contribution is -2.30. The number of thiophene rings is 2. The second kappa shape index (κ2) is 12.7. The fourth-order valence-electron chi connectivity index (χ4n) is 4.60. The minimum Gasteiger partial charge on any atom is -0.306 e. The van der Waals surface area contributed by atoms with Gasteiger partial charge in [-0.25, -0.2) is 0 Å². The number of carbonyl (C=O) groups excluding carboxylic acids is 2. The van der Waals surface area contributed by atoms with Crippen LogP contribution in [0.3, 0.4) is 0 Å². The van der Waals surface area contributed by atoms with E-state index in [1.807, 2.05) is 44.8 Å². The van der Waals surface area contributed by atoms with E-state index in [0.29, 0.717) is 24.2 Å². The molecule has 0 atom stereocenters. The lowest BCUT2D eigenvalue weighted by molar-refractivity contribution is -0.124. The van der Waals surface area contributed by atoms with Gasteiger partial charge in [0.25, 0.3) is 11.8 Å². The Morgan fingerprint density at radius 3 is 1.38 bits per heavy atom. The molecule has 2 aromatic rings. The number of carbonyl (C=O) groups is 2. The highest BCUT2D eigenvalue weighted by atomic mass is 79.9. The van der Waals surface area contributed by atoms with E-state index in [2.05, 4.69) is 31.9 Å². The third-order valence-electron chi connectivity index (χ3n) is 6.22. The summed E-state index contributed by atoms with van der Waals surface area (Å²) in [5.41, 5.74) is 2.85. The van der Waals surface area contributed by atoms with Gasteiger partial charge < -0.3 is 9.80 Å². The normalized spacial score (nSPS) is 15.9. The van der Waals surface area contributed by atoms with Gasteiger partial charge >= 0.3 is 0 Å². The van der Waals surface area contributed by atoms with Crippen molar-refractivity contribution in [3.8, 4) is 0 Å². The molecule has 0 unspecified atom stereocenters. The number of alkyl halides is 2. The van der Waals surface area contributed by atoms with Gasteiger partial charge in [-0.05, 0) is 48.6 Å². The van der Waals surface area contributed by atoms with Crippen molar-refractivity contribution in [2.45, 2.75) is 51.4 Å². The number of rotatable bonds is 14. The van der Waals surface area contributed by atoms with Crippen molar-refractivity contribution in [3.63, 3.8) is 0 Å². The minimum atomic E-state index is -0.0163. The number of halogens is 2.